The van der Waals surface area contributed by atoms with Gasteiger partial charge in [-0.25, -0.2) is 17.9 Å². The lowest BCUT2D eigenvalue weighted by Gasteiger charge is -2.38. The largest absolute Gasteiger partial charge is 0.367 e. The number of nitrogens with two attached hydrogens (primary N) is 1. The highest BCUT2D eigenvalue weighted by Gasteiger charge is 2.30. The Hall–Kier alpha value is -3.98. The zero-order valence-electron chi connectivity index (χ0n) is 22.9. The SMILES string of the molecule is Cc1cc(F)c(N(c2ccccc2C#N)C2CCNCC2)cc1C(=O)N1CCN(c2ccccc2S(N)(=O)=O)CC1. The molecule has 3 aromatic rings. The number of aryl methyl sites for hydroxylation is 1. The van der Waals surface area contributed by atoms with Gasteiger partial charge in [0.15, 0.2) is 0 Å². The number of carbonyl (C=O) groups excluding carboxylic acids is 1. The van der Waals surface area contributed by atoms with Gasteiger partial charge in [0.2, 0.25) is 10.0 Å². The van der Waals surface area contributed by atoms with E-state index >= 15 is 4.39 Å². The molecule has 0 bridgehead atoms. The Balaban J connectivity index is 1.44. The summed E-state index contributed by atoms with van der Waals surface area (Å²) in [6, 6.07) is 18.9. The molecule has 9 nitrogen and oxygen atoms in total. The van der Waals surface area contributed by atoms with Crippen LogP contribution in [-0.4, -0.2) is 64.5 Å². The molecule has 2 heterocycles. The molecule has 0 atom stereocenters. The third kappa shape index (κ3) is 5.91. The van der Waals surface area contributed by atoms with Crippen molar-refractivity contribution in [2.24, 2.45) is 5.14 Å². The fourth-order valence-corrected chi connectivity index (χ4v) is 6.48. The second-order valence-corrected chi connectivity index (χ2v) is 11.9. The van der Waals surface area contributed by atoms with Crippen LogP contribution in [0.15, 0.2) is 65.6 Å². The van der Waals surface area contributed by atoms with Gasteiger partial charge in [-0.1, -0.05) is 24.3 Å². The lowest BCUT2D eigenvalue weighted by molar-refractivity contribution is 0.0746. The van der Waals surface area contributed by atoms with Crippen LogP contribution >= 0.6 is 0 Å². The summed E-state index contributed by atoms with van der Waals surface area (Å²) >= 11 is 0. The Morgan fingerprint density at radius 2 is 1.68 bits per heavy atom. The summed E-state index contributed by atoms with van der Waals surface area (Å²) in [4.78, 5) is 19.3. The van der Waals surface area contributed by atoms with Gasteiger partial charge in [-0.15, -0.1) is 0 Å². The van der Waals surface area contributed by atoms with E-state index in [0.29, 0.717) is 54.2 Å². The molecule has 1 amide bonds. The first-order valence-electron chi connectivity index (χ1n) is 13.6. The first kappa shape index (κ1) is 28.5. The predicted octanol–water partition coefficient (Wildman–Crippen LogP) is 3.51. The van der Waals surface area contributed by atoms with Crippen LogP contribution in [0, 0.1) is 24.1 Å². The molecule has 0 aliphatic carbocycles. The van der Waals surface area contributed by atoms with E-state index in [-0.39, 0.29) is 22.5 Å². The van der Waals surface area contributed by atoms with Gasteiger partial charge in [0.1, 0.15) is 16.8 Å². The van der Waals surface area contributed by atoms with Crippen LogP contribution in [0.4, 0.5) is 21.5 Å². The number of piperazine rings is 1. The minimum Gasteiger partial charge on any atom is -0.367 e. The molecule has 0 saturated carbocycles. The van der Waals surface area contributed by atoms with Crippen LogP contribution in [0.1, 0.15) is 34.3 Å². The van der Waals surface area contributed by atoms with Crippen molar-refractivity contribution in [1.29, 1.82) is 5.26 Å². The Morgan fingerprint density at radius 1 is 1.02 bits per heavy atom. The second-order valence-electron chi connectivity index (χ2n) is 10.4. The Labute approximate surface area is 240 Å². The number of hydrogen-bond acceptors (Lipinski definition) is 7. The number of amides is 1. The van der Waals surface area contributed by atoms with Gasteiger partial charge in [-0.2, -0.15) is 5.26 Å². The van der Waals surface area contributed by atoms with Crippen LogP contribution in [-0.2, 0) is 10.0 Å². The molecule has 5 rings (SSSR count). The standard InChI is InChI=1S/C30H33FN6O3S/c1-21-18-25(31)28(37(23-10-12-34-13-11-23)26-7-3-2-6-22(26)20-32)19-24(21)30(38)36-16-14-35(15-17-36)27-8-4-5-9-29(27)41(33,39)40/h2-9,18-19,23,34H,10-17H2,1H3,(H2,33,39,40). The third-order valence-corrected chi connectivity index (χ3v) is 8.78. The Morgan fingerprint density at radius 3 is 2.37 bits per heavy atom. The van der Waals surface area contributed by atoms with Gasteiger partial charge < -0.3 is 20.0 Å². The van der Waals surface area contributed by atoms with Crippen molar-refractivity contribution in [3.8, 4) is 6.07 Å². The molecular weight excluding hydrogens is 543 g/mol. The number of benzene rings is 3. The maximum absolute atomic E-state index is 15.7. The summed E-state index contributed by atoms with van der Waals surface area (Å²) in [6.07, 6.45) is 1.52. The number of sulfonamides is 1. The zero-order valence-corrected chi connectivity index (χ0v) is 23.7. The molecule has 214 valence electrons. The smallest absolute Gasteiger partial charge is 0.254 e. The topological polar surface area (TPSA) is 123 Å². The number of nitrogens with zero attached hydrogens (tertiary/aromatic N) is 4. The van der Waals surface area contributed by atoms with Crippen molar-refractivity contribution >= 4 is 33.0 Å². The summed E-state index contributed by atoms with van der Waals surface area (Å²) in [5.74, 6) is -0.670. The van der Waals surface area contributed by atoms with Crippen LogP contribution < -0.4 is 20.3 Å². The van der Waals surface area contributed by atoms with E-state index in [1.165, 1.54) is 12.1 Å². The van der Waals surface area contributed by atoms with E-state index in [0.717, 1.165) is 25.9 Å². The first-order chi connectivity index (χ1) is 19.7. The fourth-order valence-electron chi connectivity index (χ4n) is 5.72. The number of carbonyl (C=O) groups is 1. The maximum Gasteiger partial charge on any atom is 0.254 e. The molecule has 3 N–H and O–H groups in total. The van der Waals surface area contributed by atoms with Crippen molar-refractivity contribution in [1.82, 2.24) is 10.2 Å². The predicted molar refractivity (Wildman–Crippen MR) is 156 cm³/mol. The fraction of sp³-hybridized carbons (Fsp3) is 0.333. The lowest BCUT2D eigenvalue weighted by Crippen LogP contribution is -2.49. The van der Waals surface area contributed by atoms with Gasteiger partial charge in [-0.3, -0.25) is 4.79 Å². The number of halogens is 1. The van der Waals surface area contributed by atoms with Crippen LogP contribution in [0.5, 0.6) is 0 Å². The number of piperidine rings is 1. The highest BCUT2D eigenvalue weighted by atomic mass is 32.2. The number of anilines is 3. The normalized spacial score (nSPS) is 16.3. The second kappa shape index (κ2) is 11.9. The monoisotopic (exact) mass is 576 g/mol. The summed E-state index contributed by atoms with van der Waals surface area (Å²) < 4.78 is 39.9. The van der Waals surface area contributed by atoms with Crippen molar-refractivity contribution < 1.29 is 17.6 Å². The Bertz CT molecular complexity index is 1590. The van der Waals surface area contributed by atoms with E-state index in [9.17, 15) is 18.5 Å². The van der Waals surface area contributed by atoms with Gasteiger partial charge >= 0.3 is 0 Å². The molecule has 0 radical (unpaired) electrons. The third-order valence-electron chi connectivity index (χ3n) is 7.82. The van der Waals surface area contributed by atoms with Crippen molar-refractivity contribution in [2.75, 3.05) is 49.1 Å². The molecule has 0 unspecified atom stereocenters. The minimum absolute atomic E-state index is 0.0478. The van der Waals surface area contributed by atoms with Crippen molar-refractivity contribution in [2.45, 2.75) is 30.7 Å². The first-order valence-corrected chi connectivity index (χ1v) is 15.2. The molecule has 2 saturated heterocycles. The van der Waals surface area contributed by atoms with Gasteiger partial charge in [0.05, 0.1) is 22.6 Å². The Kier molecular flexibility index (Phi) is 8.26. The molecule has 41 heavy (non-hydrogen) atoms. The number of hydrogen-bond donors (Lipinski definition) is 2. The molecule has 2 aliphatic heterocycles. The number of nitriles is 1. The maximum atomic E-state index is 15.7. The molecule has 11 heteroatoms. The van der Waals surface area contributed by atoms with Gasteiger partial charge in [0.25, 0.3) is 5.91 Å². The number of nitrogens with one attached hydrogen (secondary N) is 1. The van der Waals surface area contributed by atoms with E-state index in [1.54, 1.807) is 48.2 Å². The number of rotatable bonds is 6. The summed E-state index contributed by atoms with van der Waals surface area (Å²) in [5, 5.41) is 18.6. The summed E-state index contributed by atoms with van der Waals surface area (Å²) in [7, 11) is -3.90. The van der Waals surface area contributed by atoms with E-state index < -0.39 is 15.8 Å². The van der Waals surface area contributed by atoms with Gasteiger partial charge in [0, 0.05) is 37.8 Å². The van der Waals surface area contributed by atoms with Crippen molar-refractivity contribution in [3.05, 3.63) is 83.2 Å². The average Bonchev–Trinajstić information content (AvgIpc) is 2.98. The molecule has 3 aromatic carbocycles. The highest BCUT2D eigenvalue weighted by molar-refractivity contribution is 7.89. The summed E-state index contributed by atoms with van der Waals surface area (Å²) in [6.45, 7) is 4.82. The number of para-hydroxylation sites is 2. The molecule has 2 fully saturated rings. The van der Waals surface area contributed by atoms with Crippen LogP contribution in [0.3, 0.4) is 0 Å². The minimum atomic E-state index is -3.90. The van der Waals surface area contributed by atoms with Crippen LogP contribution in [0.2, 0.25) is 0 Å². The van der Waals surface area contributed by atoms with Crippen molar-refractivity contribution in [3.63, 3.8) is 0 Å². The van der Waals surface area contributed by atoms with E-state index in [4.69, 9.17) is 5.14 Å². The lowest BCUT2D eigenvalue weighted by atomic mass is 9.98. The zero-order chi connectivity index (χ0) is 29.1. The van der Waals surface area contributed by atoms with E-state index in [2.05, 4.69) is 11.4 Å². The molecular formula is C30H33FN6O3S. The summed E-state index contributed by atoms with van der Waals surface area (Å²) in [5.41, 5.74) is 2.76. The average molecular weight is 577 g/mol. The highest BCUT2D eigenvalue weighted by Crippen LogP contribution is 2.37. The quantitative estimate of drug-likeness (QED) is 0.461. The number of primary sulfonamides is 1. The van der Waals surface area contributed by atoms with E-state index in [1.807, 2.05) is 21.9 Å². The molecule has 0 aromatic heterocycles. The molecule has 2 aliphatic rings. The van der Waals surface area contributed by atoms with Gasteiger partial charge in [-0.05, 0) is 74.8 Å². The van der Waals surface area contributed by atoms with Crippen LogP contribution in [0.25, 0.3) is 0 Å². The molecule has 0 spiro atoms.